The first-order valence-electron chi connectivity index (χ1n) is 12.5. The molecule has 0 saturated carbocycles. The molecule has 0 fully saturated rings. The second kappa shape index (κ2) is 13.8. The molecule has 0 aliphatic carbocycles. The monoisotopic (exact) mass is 554 g/mol. The van der Waals surface area contributed by atoms with E-state index in [1.165, 1.54) is 32.4 Å². The first kappa shape index (κ1) is 29.7. The van der Waals surface area contributed by atoms with Gasteiger partial charge in [0, 0.05) is 18.4 Å². The Bertz CT molecular complexity index is 1350. The van der Waals surface area contributed by atoms with Crippen molar-refractivity contribution >= 4 is 27.3 Å². The standard InChI is InChI=1S/C29H34N2O7S/c1-37-26-18-17-25(20-27(26)38-2)39(35,36)24(15-13-21-9-5-3-6-10-21)16-14-22(19-28(30)32)29(33)31(34)23-11-7-4-8-12-23/h3-12,17-18,20,22,24,34H,13-16,19H2,1-2H3,(H2,30,32). The maximum absolute atomic E-state index is 13.8. The van der Waals surface area contributed by atoms with Crippen LogP contribution in [0.4, 0.5) is 5.69 Å². The minimum absolute atomic E-state index is 0.0254. The summed E-state index contributed by atoms with van der Waals surface area (Å²) in [5, 5.41) is 10.1. The summed E-state index contributed by atoms with van der Waals surface area (Å²) < 4.78 is 38.2. The molecule has 0 heterocycles. The van der Waals surface area contributed by atoms with Crippen molar-refractivity contribution in [2.45, 2.75) is 42.2 Å². The van der Waals surface area contributed by atoms with Crippen molar-refractivity contribution in [3.05, 3.63) is 84.4 Å². The average molecular weight is 555 g/mol. The van der Waals surface area contributed by atoms with Gasteiger partial charge >= 0.3 is 0 Å². The van der Waals surface area contributed by atoms with Crippen LogP contribution in [0.3, 0.4) is 0 Å². The minimum atomic E-state index is -3.89. The molecule has 39 heavy (non-hydrogen) atoms. The highest BCUT2D eigenvalue weighted by atomic mass is 32.2. The molecule has 0 saturated heterocycles. The van der Waals surface area contributed by atoms with Gasteiger partial charge in [-0.25, -0.2) is 8.42 Å². The fraction of sp³-hybridized carbons (Fsp3) is 0.310. The smallest absolute Gasteiger partial charge is 0.254 e. The Labute approximate surface area is 229 Å². The van der Waals surface area contributed by atoms with Crippen molar-refractivity contribution in [2.75, 3.05) is 19.3 Å². The number of carbonyl (C=O) groups is 2. The van der Waals surface area contributed by atoms with Gasteiger partial charge in [0.1, 0.15) is 0 Å². The maximum Gasteiger partial charge on any atom is 0.254 e. The molecule has 208 valence electrons. The summed E-state index contributed by atoms with van der Waals surface area (Å²) in [6.45, 7) is 0. The molecule has 2 amide bonds. The van der Waals surface area contributed by atoms with Gasteiger partial charge < -0.3 is 15.2 Å². The summed E-state index contributed by atoms with van der Waals surface area (Å²) in [5.41, 5.74) is 6.62. The molecule has 0 aliphatic rings. The number of hydroxylamine groups is 1. The van der Waals surface area contributed by atoms with E-state index in [0.29, 0.717) is 17.2 Å². The third-order valence-corrected chi connectivity index (χ3v) is 8.82. The number of amides is 2. The van der Waals surface area contributed by atoms with Crippen LogP contribution in [0.5, 0.6) is 11.5 Å². The zero-order valence-corrected chi connectivity index (χ0v) is 22.8. The Morgan fingerprint density at radius 1 is 0.872 bits per heavy atom. The quantitative estimate of drug-likeness (QED) is 0.225. The molecule has 0 aromatic heterocycles. The zero-order chi connectivity index (χ0) is 28.4. The van der Waals surface area contributed by atoms with Gasteiger partial charge in [0.2, 0.25) is 5.91 Å². The number of carbonyl (C=O) groups excluding carboxylic acids is 2. The van der Waals surface area contributed by atoms with E-state index in [4.69, 9.17) is 15.2 Å². The van der Waals surface area contributed by atoms with Crippen LogP contribution in [-0.4, -0.2) is 44.9 Å². The van der Waals surface area contributed by atoms with E-state index in [9.17, 15) is 23.2 Å². The van der Waals surface area contributed by atoms with Gasteiger partial charge in [0.05, 0.1) is 30.1 Å². The molecule has 3 aromatic rings. The van der Waals surface area contributed by atoms with Crippen molar-refractivity contribution in [1.82, 2.24) is 0 Å². The van der Waals surface area contributed by atoms with E-state index in [0.717, 1.165) is 5.56 Å². The maximum atomic E-state index is 13.8. The van der Waals surface area contributed by atoms with Crippen LogP contribution in [0, 0.1) is 5.92 Å². The lowest BCUT2D eigenvalue weighted by Gasteiger charge is -2.24. The Kier molecular flexibility index (Phi) is 10.5. The normalized spacial score (nSPS) is 12.8. The molecule has 2 unspecified atom stereocenters. The largest absolute Gasteiger partial charge is 0.493 e. The van der Waals surface area contributed by atoms with Crippen LogP contribution >= 0.6 is 0 Å². The van der Waals surface area contributed by atoms with Crippen LogP contribution < -0.4 is 20.3 Å². The number of benzene rings is 3. The Morgan fingerprint density at radius 3 is 2.08 bits per heavy atom. The van der Waals surface area contributed by atoms with Gasteiger partial charge in [0.25, 0.3) is 5.91 Å². The second-order valence-electron chi connectivity index (χ2n) is 9.14. The van der Waals surface area contributed by atoms with Gasteiger partial charge in [-0.1, -0.05) is 48.5 Å². The number of primary amides is 1. The van der Waals surface area contributed by atoms with E-state index < -0.39 is 32.8 Å². The van der Waals surface area contributed by atoms with Gasteiger partial charge in [-0.2, -0.15) is 5.06 Å². The number of rotatable bonds is 14. The number of nitrogens with zero attached hydrogens (tertiary/aromatic N) is 1. The molecule has 2 atom stereocenters. The van der Waals surface area contributed by atoms with Gasteiger partial charge in [0.15, 0.2) is 21.3 Å². The number of nitrogens with two attached hydrogens (primary N) is 1. The molecular weight excluding hydrogens is 520 g/mol. The number of para-hydroxylation sites is 1. The average Bonchev–Trinajstić information content (AvgIpc) is 2.95. The van der Waals surface area contributed by atoms with Crippen LogP contribution in [-0.2, 0) is 25.8 Å². The highest BCUT2D eigenvalue weighted by Crippen LogP contribution is 2.33. The third-order valence-electron chi connectivity index (χ3n) is 6.56. The van der Waals surface area contributed by atoms with E-state index in [2.05, 4.69) is 0 Å². The van der Waals surface area contributed by atoms with Crippen LogP contribution in [0.1, 0.15) is 31.2 Å². The number of hydrogen-bond donors (Lipinski definition) is 2. The molecule has 3 rings (SSSR count). The topological polar surface area (TPSA) is 136 Å². The molecule has 0 aliphatic heterocycles. The third kappa shape index (κ3) is 7.81. The van der Waals surface area contributed by atoms with E-state index in [-0.39, 0.29) is 42.0 Å². The second-order valence-corrected chi connectivity index (χ2v) is 11.4. The van der Waals surface area contributed by atoms with E-state index in [1.807, 2.05) is 30.3 Å². The molecule has 3 N–H and O–H groups in total. The predicted octanol–water partition coefficient (Wildman–Crippen LogP) is 4.17. The zero-order valence-electron chi connectivity index (χ0n) is 22.0. The molecule has 9 nitrogen and oxygen atoms in total. The predicted molar refractivity (Wildman–Crippen MR) is 148 cm³/mol. The van der Waals surface area contributed by atoms with Crippen LogP contribution in [0.2, 0.25) is 0 Å². The molecule has 3 aromatic carbocycles. The van der Waals surface area contributed by atoms with Crippen LogP contribution in [0.25, 0.3) is 0 Å². The summed E-state index contributed by atoms with van der Waals surface area (Å²) in [5.74, 6) is -1.79. The van der Waals surface area contributed by atoms with Crippen molar-refractivity contribution in [2.24, 2.45) is 11.7 Å². The molecular formula is C29H34N2O7S. The number of aryl methyl sites for hydroxylation is 1. The number of anilines is 1. The highest BCUT2D eigenvalue weighted by Gasteiger charge is 2.32. The first-order valence-corrected chi connectivity index (χ1v) is 14.1. The number of methoxy groups -OCH3 is 2. The fourth-order valence-corrected chi connectivity index (χ4v) is 6.21. The van der Waals surface area contributed by atoms with Crippen molar-refractivity contribution in [1.29, 1.82) is 0 Å². The number of sulfone groups is 1. The summed E-state index contributed by atoms with van der Waals surface area (Å²) in [4.78, 5) is 25.0. The van der Waals surface area contributed by atoms with Crippen molar-refractivity contribution in [3.63, 3.8) is 0 Å². The highest BCUT2D eigenvalue weighted by molar-refractivity contribution is 7.92. The molecule has 0 bridgehead atoms. The van der Waals surface area contributed by atoms with Crippen molar-refractivity contribution in [3.8, 4) is 11.5 Å². The lowest BCUT2D eigenvalue weighted by atomic mass is 9.95. The molecule has 10 heteroatoms. The van der Waals surface area contributed by atoms with Gasteiger partial charge in [-0.05, 0) is 55.5 Å². The summed E-state index contributed by atoms with van der Waals surface area (Å²) >= 11 is 0. The minimum Gasteiger partial charge on any atom is -0.493 e. The van der Waals surface area contributed by atoms with Crippen molar-refractivity contribution < 1.29 is 32.7 Å². The number of ether oxygens (including phenoxy) is 2. The molecule has 0 radical (unpaired) electrons. The Morgan fingerprint density at radius 2 is 1.49 bits per heavy atom. The van der Waals surface area contributed by atoms with Crippen LogP contribution in [0.15, 0.2) is 83.8 Å². The molecule has 0 spiro atoms. The first-order chi connectivity index (χ1) is 18.7. The lowest BCUT2D eigenvalue weighted by Crippen LogP contribution is -2.36. The Balaban J connectivity index is 1.89. The SMILES string of the molecule is COc1ccc(S(=O)(=O)C(CCc2ccccc2)CCC(CC(N)=O)C(=O)N(O)c2ccccc2)cc1OC. The van der Waals surface area contributed by atoms with Gasteiger partial charge in [-0.15, -0.1) is 0 Å². The lowest BCUT2D eigenvalue weighted by molar-refractivity contribution is -0.131. The number of hydrogen-bond acceptors (Lipinski definition) is 7. The fourth-order valence-electron chi connectivity index (χ4n) is 4.43. The van der Waals surface area contributed by atoms with E-state index >= 15 is 0 Å². The van der Waals surface area contributed by atoms with E-state index in [1.54, 1.807) is 30.3 Å². The Hall–Kier alpha value is -3.89. The van der Waals surface area contributed by atoms with Gasteiger partial charge in [-0.3, -0.25) is 14.8 Å². The summed E-state index contributed by atoms with van der Waals surface area (Å²) in [6, 6.07) is 22.0. The summed E-state index contributed by atoms with van der Waals surface area (Å²) in [7, 11) is -1.00. The summed E-state index contributed by atoms with van der Waals surface area (Å²) in [6.07, 6.45) is 0.528.